The number of hydrogen-bond acceptors (Lipinski definition) is 3. The fraction of sp³-hybridized carbons (Fsp3) is 0.857. The third-order valence-corrected chi connectivity index (χ3v) is 15.4. The summed E-state index contributed by atoms with van der Waals surface area (Å²) in [4.78, 5) is 0. The molecule has 0 aliphatic heterocycles. The maximum absolute atomic E-state index is 12.7. The molecule has 128 valence electrons. The van der Waals surface area contributed by atoms with Crippen LogP contribution in [0.5, 0.6) is 0 Å². The molecule has 3 nitrogen and oxygen atoms in total. The number of unbranched alkanes of at least 4 members (excludes halogenated alkanes) is 2. The molecular weight excluding hydrogens is 446 g/mol. The molecule has 0 aromatic carbocycles. The van der Waals surface area contributed by atoms with Crippen molar-refractivity contribution in [3.8, 4) is 0 Å². The van der Waals surface area contributed by atoms with Crippen molar-refractivity contribution in [3.05, 3.63) is 9.44 Å². The topological polar surface area (TPSA) is 35.5 Å². The van der Waals surface area contributed by atoms with Gasteiger partial charge in [-0.2, -0.15) is 0 Å². The molecule has 0 atom stereocenters. The molecule has 7 heteroatoms. The van der Waals surface area contributed by atoms with Gasteiger partial charge in [-0.3, -0.25) is 0 Å². The quantitative estimate of drug-likeness (QED) is 0.236. The van der Waals surface area contributed by atoms with Crippen LogP contribution >= 0.6 is 25.5 Å². The first kappa shape index (κ1) is 22.3. The fourth-order valence-electron chi connectivity index (χ4n) is 1.75. The van der Waals surface area contributed by atoms with Crippen molar-refractivity contribution in [1.29, 1.82) is 0 Å². The zero-order valence-corrected chi connectivity index (χ0v) is 18.3. The van der Waals surface area contributed by atoms with Crippen molar-refractivity contribution >= 4 is 41.5 Å². The van der Waals surface area contributed by atoms with Crippen molar-refractivity contribution < 1.29 is 13.6 Å². The summed E-state index contributed by atoms with van der Waals surface area (Å²) >= 11 is -3.17. The summed E-state index contributed by atoms with van der Waals surface area (Å²) in [5.41, 5.74) is 0. The van der Waals surface area contributed by atoms with Gasteiger partial charge in [0.2, 0.25) is 0 Å². The van der Waals surface area contributed by atoms with Crippen LogP contribution in [0.25, 0.3) is 0 Å². The van der Waals surface area contributed by atoms with Gasteiger partial charge in [-0.25, -0.2) is 0 Å². The average molecular weight is 475 g/mol. The Kier molecular flexibility index (Phi) is 12.4. The van der Waals surface area contributed by atoms with Crippen LogP contribution in [0.15, 0.2) is 9.44 Å². The Morgan fingerprint density at radius 1 is 1.05 bits per heavy atom. The molecule has 0 bridgehead atoms. The van der Waals surface area contributed by atoms with E-state index in [1.165, 1.54) is 0 Å². The van der Waals surface area contributed by atoms with Gasteiger partial charge < -0.3 is 0 Å². The standard InChI is InChI=1S/C14H29Cl2O3PTe/c1-5-9-11-14(21(15,16)12-10-6-2)13-20(17,18-7-3)19-8-4/h13H,5-12H2,1-4H3/b14-13-. The van der Waals surface area contributed by atoms with Crippen molar-refractivity contribution in [3.63, 3.8) is 0 Å². The van der Waals surface area contributed by atoms with Gasteiger partial charge in [-0.1, -0.05) is 0 Å². The maximum atomic E-state index is 12.7. The van der Waals surface area contributed by atoms with E-state index in [4.69, 9.17) is 27.0 Å². The van der Waals surface area contributed by atoms with E-state index in [1.807, 2.05) is 0 Å². The summed E-state index contributed by atoms with van der Waals surface area (Å²) in [6.45, 7) is 8.53. The summed E-state index contributed by atoms with van der Waals surface area (Å²) in [5, 5.41) is 0. The summed E-state index contributed by atoms with van der Waals surface area (Å²) in [6.07, 6.45) is 4.89. The number of halogens is 2. The van der Waals surface area contributed by atoms with E-state index in [2.05, 4.69) is 13.8 Å². The van der Waals surface area contributed by atoms with Gasteiger partial charge in [0.25, 0.3) is 0 Å². The van der Waals surface area contributed by atoms with E-state index in [0.29, 0.717) is 13.2 Å². The average Bonchev–Trinajstić information content (AvgIpc) is 2.41. The first-order chi connectivity index (χ1) is 9.85. The molecule has 0 saturated carbocycles. The molecule has 0 aromatic rings. The molecule has 0 aliphatic rings. The van der Waals surface area contributed by atoms with Gasteiger partial charge in [0.15, 0.2) is 0 Å². The summed E-state index contributed by atoms with van der Waals surface area (Å²) < 4.78 is 25.2. The van der Waals surface area contributed by atoms with E-state index in [-0.39, 0.29) is 0 Å². The van der Waals surface area contributed by atoms with E-state index >= 15 is 0 Å². The molecule has 0 aliphatic carbocycles. The Bertz CT molecular complexity index is 352. The second-order valence-corrected chi connectivity index (χ2v) is 20.6. The molecule has 0 rings (SSSR count). The zero-order valence-electron chi connectivity index (χ0n) is 13.6. The van der Waals surface area contributed by atoms with Crippen LogP contribution in [-0.4, -0.2) is 29.2 Å². The molecular formula is C14H29Cl2O3PTe. The van der Waals surface area contributed by atoms with Gasteiger partial charge in [0.1, 0.15) is 0 Å². The Balaban J connectivity index is 5.34. The van der Waals surface area contributed by atoms with E-state index in [1.54, 1.807) is 19.7 Å². The van der Waals surface area contributed by atoms with Crippen LogP contribution in [0.3, 0.4) is 0 Å². The van der Waals surface area contributed by atoms with Crippen LogP contribution < -0.4 is 0 Å². The minimum atomic E-state index is -3.23. The second kappa shape index (κ2) is 11.7. The molecule has 0 amide bonds. The van der Waals surface area contributed by atoms with Crippen molar-refractivity contribution in [1.82, 2.24) is 0 Å². The van der Waals surface area contributed by atoms with Gasteiger partial charge in [-0.15, -0.1) is 0 Å². The molecule has 0 N–H and O–H groups in total. The van der Waals surface area contributed by atoms with Crippen LogP contribution in [0.2, 0.25) is 4.47 Å². The second-order valence-electron chi connectivity index (χ2n) is 4.71. The molecule has 0 heterocycles. The number of rotatable bonds is 12. The molecule has 0 fully saturated rings. The molecule has 0 unspecified atom stereocenters. The van der Waals surface area contributed by atoms with Gasteiger partial charge >= 0.3 is 142 Å². The number of allylic oxidation sites excluding steroid dienone is 1. The zero-order chi connectivity index (χ0) is 16.4. The number of hydrogen-bond donors (Lipinski definition) is 0. The third kappa shape index (κ3) is 9.21. The molecule has 0 saturated heterocycles. The predicted octanol–water partition coefficient (Wildman–Crippen LogP) is 6.59. The summed E-state index contributed by atoms with van der Waals surface area (Å²) in [7, 11) is 10.1. The molecule has 0 spiro atoms. The normalized spacial score (nSPS) is 14.5. The Hall–Kier alpha value is 1.26. The van der Waals surface area contributed by atoms with Crippen LogP contribution in [0.4, 0.5) is 0 Å². The van der Waals surface area contributed by atoms with Gasteiger partial charge in [-0.05, 0) is 0 Å². The molecule has 21 heavy (non-hydrogen) atoms. The van der Waals surface area contributed by atoms with Crippen molar-refractivity contribution in [2.45, 2.75) is 64.3 Å². The van der Waals surface area contributed by atoms with Crippen LogP contribution in [0.1, 0.15) is 59.8 Å². The van der Waals surface area contributed by atoms with Crippen molar-refractivity contribution in [2.24, 2.45) is 0 Å². The minimum absolute atomic E-state index is 0.342. The predicted molar refractivity (Wildman–Crippen MR) is 95.6 cm³/mol. The first-order valence-corrected chi connectivity index (χ1v) is 18.0. The summed E-state index contributed by atoms with van der Waals surface area (Å²) in [5.74, 6) is 1.63. The van der Waals surface area contributed by atoms with E-state index in [9.17, 15) is 4.57 Å². The Morgan fingerprint density at radius 3 is 2.00 bits per heavy atom. The van der Waals surface area contributed by atoms with Gasteiger partial charge in [0.05, 0.1) is 0 Å². The fourth-order valence-corrected chi connectivity index (χ4v) is 13.7. The SMILES string of the molecule is CCCC/C(=C/P(=O)(OCC)OCC)[Te](Cl)(Cl)CCCC. The van der Waals surface area contributed by atoms with E-state index in [0.717, 1.165) is 40.2 Å². The van der Waals surface area contributed by atoms with Gasteiger partial charge in [0, 0.05) is 0 Å². The van der Waals surface area contributed by atoms with Crippen LogP contribution in [0, 0.1) is 0 Å². The first-order valence-electron chi connectivity index (χ1n) is 7.66. The third-order valence-electron chi connectivity index (χ3n) is 2.83. The monoisotopic (exact) mass is 476 g/mol. The Morgan fingerprint density at radius 2 is 1.57 bits per heavy atom. The molecule has 0 radical (unpaired) electrons. The van der Waals surface area contributed by atoms with Crippen LogP contribution in [-0.2, 0) is 13.6 Å². The Labute approximate surface area is 141 Å². The summed E-state index contributed by atoms with van der Waals surface area (Å²) in [6, 6.07) is 0. The van der Waals surface area contributed by atoms with Crippen molar-refractivity contribution in [2.75, 3.05) is 13.2 Å². The molecule has 0 aromatic heterocycles. The van der Waals surface area contributed by atoms with E-state index < -0.39 is 23.5 Å².